The highest BCUT2D eigenvalue weighted by Gasteiger charge is 2.25. The van der Waals surface area contributed by atoms with Crippen LogP contribution in [0.1, 0.15) is 39.3 Å². The van der Waals surface area contributed by atoms with E-state index in [1.54, 1.807) is 17.4 Å². The maximum atomic E-state index is 12.0. The average Bonchev–Trinajstić information content (AvgIpc) is 3.21. The molecule has 26 heavy (non-hydrogen) atoms. The van der Waals surface area contributed by atoms with E-state index in [4.69, 9.17) is 11.6 Å². The summed E-state index contributed by atoms with van der Waals surface area (Å²) in [6.07, 6.45) is 1.47. The highest BCUT2D eigenvalue weighted by atomic mass is 35.5. The fourth-order valence-corrected chi connectivity index (χ4v) is 4.00. The van der Waals surface area contributed by atoms with Gasteiger partial charge in [-0.3, -0.25) is 4.79 Å². The van der Waals surface area contributed by atoms with E-state index in [1.807, 2.05) is 25.1 Å². The van der Waals surface area contributed by atoms with Gasteiger partial charge in [0.15, 0.2) is 0 Å². The Balaban J connectivity index is 1.58. The summed E-state index contributed by atoms with van der Waals surface area (Å²) in [5.41, 5.74) is 4.43. The van der Waals surface area contributed by atoms with Crippen LogP contribution in [0, 0.1) is 6.92 Å². The number of rotatable bonds is 3. The molecule has 2 aromatic heterocycles. The van der Waals surface area contributed by atoms with Crippen LogP contribution >= 0.6 is 22.9 Å². The lowest BCUT2D eigenvalue weighted by Gasteiger charge is -2.14. The largest absolute Gasteiger partial charge is 0.362 e. The summed E-state index contributed by atoms with van der Waals surface area (Å²) < 4.78 is 0. The lowest BCUT2D eigenvalue weighted by Crippen LogP contribution is -2.26. The predicted octanol–water partition coefficient (Wildman–Crippen LogP) is 4.90. The highest BCUT2D eigenvalue weighted by molar-refractivity contribution is 7.10. The number of thiophene rings is 1. The van der Waals surface area contributed by atoms with Gasteiger partial charge in [0.25, 0.3) is 5.91 Å². The van der Waals surface area contributed by atoms with Gasteiger partial charge in [-0.15, -0.1) is 11.3 Å². The lowest BCUT2D eigenvalue weighted by molar-refractivity contribution is 0.101. The van der Waals surface area contributed by atoms with Gasteiger partial charge in [0.1, 0.15) is 11.0 Å². The van der Waals surface area contributed by atoms with Crippen LogP contribution in [-0.2, 0) is 0 Å². The molecule has 1 aromatic carbocycles. The molecular formula is C20H15ClN3OS. The van der Waals surface area contributed by atoms with Crippen molar-refractivity contribution in [1.82, 2.24) is 10.3 Å². The van der Waals surface area contributed by atoms with Crippen LogP contribution in [0.3, 0.4) is 0 Å². The van der Waals surface area contributed by atoms with Crippen LogP contribution in [0.5, 0.6) is 0 Å². The van der Waals surface area contributed by atoms with Crippen LogP contribution in [0.15, 0.2) is 53.0 Å². The van der Waals surface area contributed by atoms with Gasteiger partial charge in [0, 0.05) is 16.6 Å². The number of hydrogen-bond donors (Lipinski definition) is 1. The van der Waals surface area contributed by atoms with Crippen molar-refractivity contribution in [3.63, 3.8) is 0 Å². The number of hydrogen-bond acceptors (Lipinski definition) is 4. The number of amidine groups is 1. The Bertz CT molecular complexity index is 1040. The summed E-state index contributed by atoms with van der Waals surface area (Å²) in [5, 5.41) is 5.78. The fraction of sp³-hybridized carbons (Fsp3) is 0.100. The topological polar surface area (TPSA) is 54.4 Å². The summed E-state index contributed by atoms with van der Waals surface area (Å²) in [7, 11) is 0. The Kier molecular flexibility index (Phi) is 4.34. The Hall–Kier alpha value is -2.50. The second kappa shape index (κ2) is 6.67. The van der Waals surface area contributed by atoms with Crippen LogP contribution in [-0.4, -0.2) is 16.7 Å². The minimum absolute atomic E-state index is 0.00447. The third-order valence-electron chi connectivity index (χ3n) is 4.30. The van der Waals surface area contributed by atoms with Crippen molar-refractivity contribution in [2.45, 2.75) is 13.0 Å². The van der Waals surface area contributed by atoms with E-state index in [0.29, 0.717) is 22.1 Å². The number of carbonyl (C=O) groups excluding carboxylic acids is 1. The fourth-order valence-electron chi connectivity index (χ4n) is 2.93. The molecule has 1 amide bonds. The smallest absolute Gasteiger partial charge is 0.281 e. The number of aromatic nitrogens is 1. The maximum absolute atomic E-state index is 12.0. The average molecular weight is 381 g/mol. The maximum Gasteiger partial charge on any atom is 0.281 e. The zero-order valence-electron chi connectivity index (χ0n) is 14.0. The molecule has 0 spiro atoms. The molecule has 4 rings (SSSR count). The third kappa shape index (κ3) is 3.04. The Morgan fingerprint density at radius 3 is 2.81 bits per heavy atom. The number of nitrogens with zero attached hydrogens (tertiary/aromatic N) is 2. The van der Waals surface area contributed by atoms with Crippen molar-refractivity contribution < 1.29 is 4.79 Å². The van der Waals surface area contributed by atoms with Crippen molar-refractivity contribution in [1.29, 1.82) is 0 Å². The van der Waals surface area contributed by atoms with Gasteiger partial charge in [-0.1, -0.05) is 35.9 Å². The van der Waals surface area contributed by atoms with E-state index in [2.05, 4.69) is 39.7 Å². The molecule has 0 bridgehead atoms. The Morgan fingerprint density at radius 1 is 1.19 bits per heavy atom. The molecule has 1 N–H and O–H groups in total. The second-order valence-corrected chi connectivity index (χ2v) is 7.41. The molecule has 3 heterocycles. The number of fused-ring (bicyclic) bond motifs is 1. The molecule has 0 unspecified atom stereocenters. The summed E-state index contributed by atoms with van der Waals surface area (Å²) >= 11 is 7.63. The van der Waals surface area contributed by atoms with E-state index < -0.39 is 0 Å². The summed E-state index contributed by atoms with van der Waals surface area (Å²) in [6.45, 7) is 6.13. The molecule has 129 valence electrons. The van der Waals surface area contributed by atoms with E-state index in [-0.39, 0.29) is 11.9 Å². The lowest BCUT2D eigenvalue weighted by atomic mass is 10.0. The van der Waals surface area contributed by atoms with E-state index in [0.717, 1.165) is 21.6 Å². The van der Waals surface area contributed by atoms with Crippen molar-refractivity contribution in [3.05, 3.63) is 81.6 Å². The molecule has 1 radical (unpaired) electrons. The van der Waals surface area contributed by atoms with Gasteiger partial charge in [-0.25, -0.2) is 4.98 Å². The van der Waals surface area contributed by atoms with Gasteiger partial charge >= 0.3 is 0 Å². The molecule has 0 saturated heterocycles. The normalized spacial score (nSPS) is 14.1. The minimum atomic E-state index is -0.295. The van der Waals surface area contributed by atoms with E-state index in [1.165, 1.54) is 6.20 Å². The molecule has 1 aliphatic heterocycles. The molecule has 4 nitrogen and oxygen atoms in total. The molecule has 0 aliphatic carbocycles. The molecule has 0 fully saturated rings. The van der Waals surface area contributed by atoms with Crippen LogP contribution in [0.4, 0.5) is 0 Å². The monoisotopic (exact) mass is 380 g/mol. The van der Waals surface area contributed by atoms with Crippen molar-refractivity contribution in [2.24, 2.45) is 4.99 Å². The van der Waals surface area contributed by atoms with Gasteiger partial charge in [0.05, 0.1) is 11.6 Å². The van der Waals surface area contributed by atoms with Crippen LogP contribution < -0.4 is 5.32 Å². The number of halogens is 1. The van der Waals surface area contributed by atoms with Gasteiger partial charge in [-0.05, 0) is 48.1 Å². The highest BCUT2D eigenvalue weighted by Crippen LogP contribution is 2.31. The molecule has 6 heteroatoms. The van der Waals surface area contributed by atoms with Crippen molar-refractivity contribution >= 4 is 34.7 Å². The number of amides is 1. The first-order chi connectivity index (χ1) is 12.5. The first-order valence-corrected chi connectivity index (χ1v) is 9.34. The summed E-state index contributed by atoms with van der Waals surface area (Å²) in [5.74, 6) is 0.242. The molecule has 1 atom stereocenters. The zero-order valence-corrected chi connectivity index (χ0v) is 15.6. The summed E-state index contributed by atoms with van der Waals surface area (Å²) in [6, 6.07) is 11.9. The second-order valence-electron chi connectivity index (χ2n) is 6.08. The van der Waals surface area contributed by atoms with Gasteiger partial charge in [0.2, 0.25) is 0 Å². The Morgan fingerprint density at radius 2 is 2.00 bits per heavy atom. The molecule has 3 aromatic rings. The Labute approximate surface area is 160 Å². The van der Waals surface area contributed by atoms with Crippen molar-refractivity contribution in [2.75, 3.05) is 0 Å². The van der Waals surface area contributed by atoms with Gasteiger partial charge < -0.3 is 5.32 Å². The van der Waals surface area contributed by atoms with E-state index >= 15 is 0 Å². The first-order valence-electron chi connectivity index (χ1n) is 8.08. The van der Waals surface area contributed by atoms with E-state index in [9.17, 15) is 4.79 Å². The zero-order chi connectivity index (χ0) is 18.3. The van der Waals surface area contributed by atoms with Gasteiger partial charge in [-0.2, -0.15) is 4.99 Å². The number of carbonyl (C=O) groups is 1. The first kappa shape index (κ1) is 16.9. The molecule has 0 saturated carbocycles. The molecular weight excluding hydrogens is 366 g/mol. The SMILES string of the molecule is [CH2]c1ccccc1-c1csc([C@@H](C)NC2=NC(=O)c3cnc(Cl)cc32)c1. The minimum Gasteiger partial charge on any atom is -0.362 e. The third-order valence-corrected chi connectivity index (χ3v) is 5.62. The quantitative estimate of drug-likeness (QED) is 0.657. The van der Waals surface area contributed by atoms with Crippen LogP contribution in [0.2, 0.25) is 5.15 Å². The van der Waals surface area contributed by atoms with Crippen LogP contribution in [0.25, 0.3) is 11.1 Å². The number of pyridine rings is 1. The summed E-state index contributed by atoms with van der Waals surface area (Å²) in [4.78, 5) is 21.2. The van der Waals surface area contributed by atoms with Crippen molar-refractivity contribution in [3.8, 4) is 11.1 Å². The number of benzene rings is 1. The standard InChI is InChI=1S/C20H15ClN3OS/c1-11-5-3-4-6-14(11)13-7-17(26-10-13)12(2)23-19-15-8-18(21)22-9-16(15)20(25)24-19/h3-10,12H,1H2,2H3,(H,23,24,25)/t12-/m1/s1. The molecule has 1 aliphatic rings. The number of nitrogens with one attached hydrogen (secondary N) is 1. The number of aliphatic imine (C=N–C) groups is 1. The predicted molar refractivity (Wildman–Crippen MR) is 106 cm³/mol.